The number of nitrogens with zero attached hydrogens (tertiary/aromatic N) is 1. The predicted molar refractivity (Wildman–Crippen MR) is 92.7 cm³/mol. The summed E-state index contributed by atoms with van der Waals surface area (Å²) in [6, 6.07) is 7.93. The molecule has 5 nitrogen and oxygen atoms in total. The van der Waals surface area contributed by atoms with Gasteiger partial charge in [0.05, 0.1) is 6.61 Å². The molecule has 2 N–H and O–H groups in total. The van der Waals surface area contributed by atoms with Crippen LogP contribution in [0.3, 0.4) is 0 Å². The zero-order valence-corrected chi connectivity index (χ0v) is 14.3. The van der Waals surface area contributed by atoms with Crippen LogP contribution in [0.1, 0.15) is 44.6 Å². The molecular formula is C19H26N2O3. The molecule has 0 spiro atoms. The number of aliphatic hydroxyl groups is 1. The number of fused-ring (bicyclic) bond motifs is 1. The van der Waals surface area contributed by atoms with E-state index in [1.54, 1.807) is 4.90 Å². The molecule has 1 aromatic carbocycles. The number of amides is 2. The third-order valence-electron chi connectivity index (χ3n) is 5.53. The maximum atomic E-state index is 12.3. The van der Waals surface area contributed by atoms with Gasteiger partial charge in [0.1, 0.15) is 0 Å². The summed E-state index contributed by atoms with van der Waals surface area (Å²) in [4.78, 5) is 26.3. The molecule has 2 unspecified atom stereocenters. The van der Waals surface area contributed by atoms with E-state index in [2.05, 4.69) is 5.32 Å². The summed E-state index contributed by atoms with van der Waals surface area (Å²) in [5.41, 5.74) is 1.88. The minimum absolute atomic E-state index is 0.0272. The smallest absolute Gasteiger partial charge is 0.227 e. The number of carbonyl (C=O) groups is 2. The number of aliphatic hydroxyl groups excluding tert-OH is 1. The van der Waals surface area contributed by atoms with Crippen molar-refractivity contribution in [1.82, 2.24) is 5.32 Å². The number of para-hydroxylation sites is 1. The Hall–Kier alpha value is -1.88. The first kappa shape index (κ1) is 17.0. The Morgan fingerprint density at radius 2 is 2.17 bits per heavy atom. The third-order valence-corrected chi connectivity index (χ3v) is 5.53. The lowest BCUT2D eigenvalue weighted by Gasteiger charge is -2.31. The van der Waals surface area contributed by atoms with Gasteiger partial charge in [-0.05, 0) is 30.9 Å². The van der Waals surface area contributed by atoms with E-state index >= 15 is 0 Å². The van der Waals surface area contributed by atoms with Crippen LogP contribution >= 0.6 is 0 Å². The van der Waals surface area contributed by atoms with E-state index in [-0.39, 0.29) is 36.3 Å². The zero-order valence-electron chi connectivity index (χ0n) is 14.3. The molecule has 2 amide bonds. The Labute approximate surface area is 143 Å². The van der Waals surface area contributed by atoms with Gasteiger partial charge in [0.2, 0.25) is 11.8 Å². The highest BCUT2D eigenvalue weighted by Gasteiger charge is 2.39. The fraction of sp³-hybridized carbons (Fsp3) is 0.579. The molecule has 0 bridgehead atoms. The van der Waals surface area contributed by atoms with Crippen molar-refractivity contribution in [3.63, 3.8) is 0 Å². The van der Waals surface area contributed by atoms with Crippen molar-refractivity contribution in [2.24, 2.45) is 5.41 Å². The Balaban J connectivity index is 1.60. The average Bonchev–Trinajstić information content (AvgIpc) is 2.95. The van der Waals surface area contributed by atoms with Crippen LogP contribution in [-0.4, -0.2) is 36.1 Å². The van der Waals surface area contributed by atoms with Gasteiger partial charge < -0.3 is 15.3 Å². The Morgan fingerprint density at radius 3 is 2.96 bits per heavy atom. The molecule has 3 rings (SSSR count). The van der Waals surface area contributed by atoms with Crippen LogP contribution in [0.4, 0.5) is 5.69 Å². The number of benzene rings is 1. The SMILES string of the molecule is CC1(CO)CCCC1NC(=O)CCN1C(=O)CCc2ccccc21. The van der Waals surface area contributed by atoms with Gasteiger partial charge in [-0.3, -0.25) is 9.59 Å². The molecule has 0 aromatic heterocycles. The summed E-state index contributed by atoms with van der Waals surface area (Å²) >= 11 is 0. The standard InChI is InChI=1S/C19H26N2O3/c1-19(13-22)11-4-7-16(19)20-17(23)10-12-21-15-6-3-2-5-14(15)8-9-18(21)24/h2-3,5-6,16,22H,4,7-13H2,1H3,(H,20,23). The van der Waals surface area contributed by atoms with Gasteiger partial charge in [-0.2, -0.15) is 0 Å². The first-order valence-corrected chi connectivity index (χ1v) is 8.82. The monoisotopic (exact) mass is 330 g/mol. The first-order valence-electron chi connectivity index (χ1n) is 8.82. The van der Waals surface area contributed by atoms with Crippen LogP contribution in [0.2, 0.25) is 0 Å². The minimum Gasteiger partial charge on any atom is -0.396 e. The molecule has 1 saturated carbocycles. The van der Waals surface area contributed by atoms with Crippen molar-refractivity contribution in [3.8, 4) is 0 Å². The number of aryl methyl sites for hydroxylation is 1. The van der Waals surface area contributed by atoms with Crippen LogP contribution in [0.5, 0.6) is 0 Å². The molecule has 0 saturated heterocycles. The molecule has 2 aliphatic rings. The van der Waals surface area contributed by atoms with Crippen LogP contribution in [0.15, 0.2) is 24.3 Å². The largest absolute Gasteiger partial charge is 0.396 e. The van der Waals surface area contributed by atoms with Crippen LogP contribution in [0, 0.1) is 5.41 Å². The summed E-state index contributed by atoms with van der Waals surface area (Å²) in [6.45, 7) is 2.52. The predicted octanol–water partition coefficient (Wildman–Crippen LogP) is 2.02. The van der Waals surface area contributed by atoms with Crippen molar-refractivity contribution < 1.29 is 14.7 Å². The maximum Gasteiger partial charge on any atom is 0.227 e. The average molecular weight is 330 g/mol. The molecule has 1 aliphatic heterocycles. The molecule has 1 aromatic rings. The first-order chi connectivity index (χ1) is 11.5. The fourth-order valence-electron chi connectivity index (χ4n) is 3.89. The maximum absolute atomic E-state index is 12.3. The van der Waals surface area contributed by atoms with Crippen LogP contribution < -0.4 is 10.2 Å². The molecule has 1 heterocycles. The second-order valence-corrected chi connectivity index (χ2v) is 7.25. The van der Waals surface area contributed by atoms with E-state index in [0.717, 1.165) is 31.4 Å². The lowest BCUT2D eigenvalue weighted by molar-refractivity contribution is -0.122. The summed E-state index contributed by atoms with van der Waals surface area (Å²) in [7, 11) is 0. The van der Waals surface area contributed by atoms with Gasteiger partial charge in [-0.1, -0.05) is 31.5 Å². The zero-order chi connectivity index (χ0) is 17.2. The summed E-state index contributed by atoms with van der Waals surface area (Å²) in [6.07, 6.45) is 4.44. The van der Waals surface area contributed by atoms with Crippen molar-refractivity contribution in [2.75, 3.05) is 18.1 Å². The van der Waals surface area contributed by atoms with Gasteiger partial charge in [0, 0.05) is 36.5 Å². The molecule has 2 atom stereocenters. The van der Waals surface area contributed by atoms with Crippen molar-refractivity contribution >= 4 is 17.5 Å². The van der Waals surface area contributed by atoms with E-state index in [1.165, 1.54) is 5.56 Å². The Morgan fingerprint density at radius 1 is 1.38 bits per heavy atom. The molecule has 5 heteroatoms. The van der Waals surface area contributed by atoms with E-state index in [0.29, 0.717) is 13.0 Å². The quantitative estimate of drug-likeness (QED) is 0.868. The Bertz CT molecular complexity index is 631. The second kappa shape index (κ2) is 6.93. The van der Waals surface area contributed by atoms with Gasteiger partial charge in [0.15, 0.2) is 0 Å². The van der Waals surface area contributed by atoms with E-state index in [4.69, 9.17) is 0 Å². The fourth-order valence-corrected chi connectivity index (χ4v) is 3.89. The highest BCUT2D eigenvalue weighted by atomic mass is 16.3. The molecule has 1 fully saturated rings. The molecule has 130 valence electrons. The van der Waals surface area contributed by atoms with Crippen LogP contribution in [-0.2, 0) is 16.0 Å². The molecule has 1 aliphatic carbocycles. The molecular weight excluding hydrogens is 304 g/mol. The van der Waals surface area contributed by atoms with E-state index in [1.807, 2.05) is 31.2 Å². The van der Waals surface area contributed by atoms with E-state index in [9.17, 15) is 14.7 Å². The molecule has 24 heavy (non-hydrogen) atoms. The number of carbonyl (C=O) groups excluding carboxylic acids is 2. The number of hydrogen-bond donors (Lipinski definition) is 2. The van der Waals surface area contributed by atoms with E-state index < -0.39 is 0 Å². The highest BCUT2D eigenvalue weighted by molar-refractivity contribution is 5.97. The summed E-state index contributed by atoms with van der Waals surface area (Å²) < 4.78 is 0. The number of rotatable bonds is 5. The highest BCUT2D eigenvalue weighted by Crippen LogP contribution is 2.37. The second-order valence-electron chi connectivity index (χ2n) is 7.25. The lowest BCUT2D eigenvalue weighted by Crippen LogP contribution is -2.46. The number of hydrogen-bond acceptors (Lipinski definition) is 3. The number of nitrogens with one attached hydrogen (secondary N) is 1. The molecule has 0 radical (unpaired) electrons. The topological polar surface area (TPSA) is 69.6 Å². The lowest BCUT2D eigenvalue weighted by atomic mass is 9.86. The van der Waals surface area contributed by atoms with Crippen molar-refractivity contribution in [2.45, 2.75) is 51.5 Å². The van der Waals surface area contributed by atoms with Crippen molar-refractivity contribution in [3.05, 3.63) is 29.8 Å². The van der Waals surface area contributed by atoms with Gasteiger partial charge in [0.25, 0.3) is 0 Å². The minimum atomic E-state index is -0.219. The van der Waals surface area contributed by atoms with Gasteiger partial charge in [-0.25, -0.2) is 0 Å². The van der Waals surface area contributed by atoms with Crippen LogP contribution in [0.25, 0.3) is 0 Å². The van der Waals surface area contributed by atoms with Gasteiger partial charge >= 0.3 is 0 Å². The van der Waals surface area contributed by atoms with Crippen molar-refractivity contribution in [1.29, 1.82) is 0 Å². The summed E-state index contributed by atoms with van der Waals surface area (Å²) in [5.74, 6) is 0.0417. The van der Waals surface area contributed by atoms with Gasteiger partial charge in [-0.15, -0.1) is 0 Å². The summed E-state index contributed by atoms with van der Waals surface area (Å²) in [5, 5.41) is 12.6. The number of anilines is 1. The third kappa shape index (κ3) is 3.31. The Kier molecular flexibility index (Phi) is 4.90. The normalized spacial score (nSPS) is 26.3.